The molecule has 0 aromatic rings. The highest BCUT2D eigenvalue weighted by molar-refractivity contribution is 5.83. The lowest BCUT2D eigenvalue weighted by atomic mass is 9.97. The molecule has 2 aliphatic carbocycles. The lowest BCUT2D eigenvalue weighted by molar-refractivity contribution is -0.130. The minimum absolute atomic E-state index is 0.0223. The number of nitrogens with one attached hydrogen (secondary N) is 1. The summed E-state index contributed by atoms with van der Waals surface area (Å²) in [4.78, 5) is 14.1. The van der Waals surface area contributed by atoms with Gasteiger partial charge in [-0.3, -0.25) is 10.1 Å². The molecule has 3 fully saturated rings. The van der Waals surface area contributed by atoms with E-state index in [2.05, 4.69) is 17.1 Å². The molecule has 2 atom stereocenters. The number of nitrogens with zero attached hydrogens (tertiary/aromatic N) is 1. The first-order valence-electron chi connectivity index (χ1n) is 6.73. The van der Waals surface area contributed by atoms with E-state index in [0.717, 1.165) is 24.3 Å². The fraction of sp³-hybridized carbons (Fsp3) is 0.923. The van der Waals surface area contributed by atoms with Gasteiger partial charge in [0.25, 0.3) is 0 Å². The minimum Gasteiger partial charge on any atom is -0.326 e. The molecule has 16 heavy (non-hydrogen) atoms. The fourth-order valence-corrected chi connectivity index (χ4v) is 3.17. The van der Waals surface area contributed by atoms with E-state index in [1.165, 1.54) is 25.7 Å². The molecular weight excluding hydrogens is 200 g/mol. The second-order valence-electron chi connectivity index (χ2n) is 5.89. The van der Waals surface area contributed by atoms with E-state index in [0.29, 0.717) is 5.91 Å². The lowest BCUT2D eigenvalue weighted by Gasteiger charge is -2.27. The molecular formula is C13H22N2O. The van der Waals surface area contributed by atoms with Gasteiger partial charge in [-0.15, -0.1) is 0 Å². The first-order chi connectivity index (χ1) is 7.66. The Bertz CT molecular complexity index is 284. The number of carbonyl (C=O) groups is 1. The monoisotopic (exact) mass is 222 g/mol. The van der Waals surface area contributed by atoms with Crippen LogP contribution in [0.4, 0.5) is 0 Å². The van der Waals surface area contributed by atoms with Crippen LogP contribution in [0, 0.1) is 17.8 Å². The summed E-state index contributed by atoms with van der Waals surface area (Å²) in [6.45, 7) is 5.09. The van der Waals surface area contributed by atoms with Gasteiger partial charge in [0.1, 0.15) is 0 Å². The number of rotatable bonds is 4. The average molecular weight is 222 g/mol. The zero-order chi connectivity index (χ0) is 11.3. The molecule has 1 saturated heterocycles. The van der Waals surface area contributed by atoms with Crippen LogP contribution in [0.3, 0.4) is 0 Å². The lowest BCUT2D eigenvalue weighted by Crippen LogP contribution is -2.39. The van der Waals surface area contributed by atoms with Gasteiger partial charge in [0, 0.05) is 6.54 Å². The Balaban J connectivity index is 1.65. The molecule has 3 nitrogen and oxygen atoms in total. The van der Waals surface area contributed by atoms with Gasteiger partial charge < -0.3 is 4.90 Å². The second-order valence-corrected chi connectivity index (χ2v) is 5.89. The van der Waals surface area contributed by atoms with E-state index in [9.17, 15) is 4.79 Å². The van der Waals surface area contributed by atoms with Crippen molar-refractivity contribution in [2.45, 2.75) is 51.7 Å². The number of carbonyl (C=O) groups excluding carboxylic acids is 1. The van der Waals surface area contributed by atoms with Gasteiger partial charge in [0.15, 0.2) is 0 Å². The van der Waals surface area contributed by atoms with Crippen molar-refractivity contribution >= 4 is 5.91 Å². The summed E-state index contributed by atoms with van der Waals surface area (Å²) in [5.41, 5.74) is 0. The maximum atomic E-state index is 12.0. The topological polar surface area (TPSA) is 32.3 Å². The molecule has 1 heterocycles. The Morgan fingerprint density at radius 1 is 1.25 bits per heavy atom. The number of hydrogen-bond donors (Lipinski definition) is 1. The molecule has 3 rings (SSSR count). The largest absolute Gasteiger partial charge is 0.326 e. The van der Waals surface area contributed by atoms with E-state index >= 15 is 0 Å². The summed E-state index contributed by atoms with van der Waals surface area (Å²) >= 11 is 0. The maximum absolute atomic E-state index is 12.0. The van der Waals surface area contributed by atoms with Crippen molar-refractivity contribution in [1.82, 2.24) is 10.2 Å². The van der Waals surface area contributed by atoms with Gasteiger partial charge in [-0.05, 0) is 57.3 Å². The smallest absolute Gasteiger partial charge is 0.240 e. The van der Waals surface area contributed by atoms with E-state index in [1.807, 2.05) is 6.92 Å². The third-order valence-electron chi connectivity index (χ3n) is 4.47. The van der Waals surface area contributed by atoms with Crippen LogP contribution in [0.15, 0.2) is 0 Å². The van der Waals surface area contributed by atoms with Gasteiger partial charge in [0.2, 0.25) is 5.91 Å². The van der Waals surface area contributed by atoms with Crippen LogP contribution in [-0.4, -0.2) is 29.6 Å². The Morgan fingerprint density at radius 2 is 1.81 bits per heavy atom. The molecule has 0 bridgehead atoms. The molecule has 0 aromatic heterocycles. The van der Waals surface area contributed by atoms with Crippen molar-refractivity contribution in [3.05, 3.63) is 0 Å². The SMILES string of the molecule is CC1NC(C)N(CC(C2CC2)C2CC2)C1=O. The summed E-state index contributed by atoms with van der Waals surface area (Å²) in [6, 6.07) is 0.0223. The molecule has 1 N–H and O–H groups in total. The van der Waals surface area contributed by atoms with Crippen molar-refractivity contribution in [2.24, 2.45) is 17.8 Å². The van der Waals surface area contributed by atoms with Crippen molar-refractivity contribution in [3.8, 4) is 0 Å². The Morgan fingerprint density at radius 3 is 2.19 bits per heavy atom. The van der Waals surface area contributed by atoms with E-state index < -0.39 is 0 Å². The number of hydrogen-bond acceptors (Lipinski definition) is 2. The molecule has 90 valence electrons. The van der Waals surface area contributed by atoms with Crippen molar-refractivity contribution in [3.63, 3.8) is 0 Å². The van der Waals surface area contributed by atoms with Crippen LogP contribution in [0.5, 0.6) is 0 Å². The van der Waals surface area contributed by atoms with Crippen LogP contribution >= 0.6 is 0 Å². The van der Waals surface area contributed by atoms with Gasteiger partial charge >= 0.3 is 0 Å². The second kappa shape index (κ2) is 3.73. The highest BCUT2D eigenvalue weighted by atomic mass is 16.2. The zero-order valence-corrected chi connectivity index (χ0v) is 10.3. The first kappa shape index (κ1) is 10.6. The van der Waals surface area contributed by atoms with Crippen LogP contribution in [0.1, 0.15) is 39.5 Å². The van der Waals surface area contributed by atoms with Crippen LogP contribution < -0.4 is 5.32 Å². The minimum atomic E-state index is 0.0223. The van der Waals surface area contributed by atoms with Crippen molar-refractivity contribution in [2.75, 3.05) is 6.54 Å². The van der Waals surface area contributed by atoms with Gasteiger partial charge in [-0.25, -0.2) is 0 Å². The quantitative estimate of drug-likeness (QED) is 0.783. The normalized spacial score (nSPS) is 35.2. The summed E-state index contributed by atoms with van der Waals surface area (Å²) in [5, 5.41) is 3.32. The van der Waals surface area contributed by atoms with Gasteiger partial charge in [-0.1, -0.05) is 0 Å². The average Bonchev–Trinajstić information content (AvgIpc) is 3.12. The fourth-order valence-electron chi connectivity index (χ4n) is 3.17. The molecule has 3 aliphatic rings. The first-order valence-corrected chi connectivity index (χ1v) is 6.73. The molecule has 0 aromatic carbocycles. The van der Waals surface area contributed by atoms with Crippen LogP contribution in [-0.2, 0) is 4.79 Å². The van der Waals surface area contributed by atoms with E-state index in [4.69, 9.17) is 0 Å². The van der Waals surface area contributed by atoms with Crippen molar-refractivity contribution in [1.29, 1.82) is 0 Å². The third-order valence-corrected chi connectivity index (χ3v) is 4.47. The molecule has 0 spiro atoms. The van der Waals surface area contributed by atoms with Gasteiger partial charge in [-0.2, -0.15) is 0 Å². The molecule has 3 heteroatoms. The predicted molar refractivity (Wildman–Crippen MR) is 62.7 cm³/mol. The molecule has 1 aliphatic heterocycles. The highest BCUT2D eigenvalue weighted by Gasteiger charge is 2.44. The maximum Gasteiger partial charge on any atom is 0.240 e. The van der Waals surface area contributed by atoms with E-state index in [-0.39, 0.29) is 12.2 Å². The molecule has 2 saturated carbocycles. The standard InChI is InChI=1S/C13H22N2O/c1-8-13(16)15(9(2)14-8)7-12(10-3-4-10)11-5-6-11/h8-12,14H,3-7H2,1-2H3. The Kier molecular flexibility index (Phi) is 2.46. The predicted octanol–water partition coefficient (Wildman–Crippen LogP) is 1.59. The van der Waals surface area contributed by atoms with Crippen LogP contribution in [0.2, 0.25) is 0 Å². The highest BCUT2D eigenvalue weighted by Crippen LogP contribution is 2.49. The summed E-state index contributed by atoms with van der Waals surface area (Å²) < 4.78 is 0. The summed E-state index contributed by atoms with van der Waals surface area (Å²) in [5.74, 6) is 2.98. The molecule has 1 amide bonds. The van der Waals surface area contributed by atoms with Crippen LogP contribution in [0.25, 0.3) is 0 Å². The summed E-state index contributed by atoms with van der Waals surface area (Å²) in [6.07, 6.45) is 5.85. The third kappa shape index (κ3) is 1.86. The molecule has 0 radical (unpaired) electrons. The zero-order valence-electron chi connectivity index (χ0n) is 10.3. The Hall–Kier alpha value is -0.570. The Labute approximate surface area is 97.6 Å². The van der Waals surface area contributed by atoms with E-state index in [1.54, 1.807) is 0 Å². The summed E-state index contributed by atoms with van der Waals surface area (Å²) in [7, 11) is 0. The van der Waals surface area contributed by atoms with Gasteiger partial charge in [0.05, 0.1) is 12.2 Å². The number of amides is 1. The molecule has 2 unspecified atom stereocenters. The van der Waals surface area contributed by atoms with Crippen molar-refractivity contribution < 1.29 is 4.79 Å².